The van der Waals surface area contributed by atoms with Gasteiger partial charge in [-0.05, 0) is 59.0 Å². The lowest BCUT2D eigenvalue weighted by Gasteiger charge is -2.43. The van der Waals surface area contributed by atoms with Gasteiger partial charge in [0.05, 0.1) is 0 Å². The van der Waals surface area contributed by atoms with Gasteiger partial charge in [-0.2, -0.15) is 0 Å². The van der Waals surface area contributed by atoms with E-state index in [0.29, 0.717) is 17.4 Å². The Bertz CT molecular complexity index is 858. The van der Waals surface area contributed by atoms with E-state index in [1.807, 2.05) is 0 Å². The summed E-state index contributed by atoms with van der Waals surface area (Å²) in [6.45, 7) is 16.4. The maximum Gasteiger partial charge on any atom is 0.122 e. The first-order valence-electron chi connectivity index (χ1n) is 9.98. The maximum absolute atomic E-state index is 12.7. The van der Waals surface area contributed by atoms with Crippen LogP contribution in [0.5, 0.6) is 0 Å². The summed E-state index contributed by atoms with van der Waals surface area (Å²) < 4.78 is 0. The third kappa shape index (κ3) is 1.90. The van der Waals surface area contributed by atoms with Crippen LogP contribution in [0.2, 0.25) is 25.2 Å². The lowest BCUT2D eigenvalue weighted by molar-refractivity contribution is -0.0171. The van der Waals surface area contributed by atoms with Crippen molar-refractivity contribution in [2.45, 2.75) is 64.4 Å². The second-order valence-corrected chi connectivity index (χ2v) is 15.3. The summed E-state index contributed by atoms with van der Waals surface area (Å²) in [7, 11) is -1.44. The molecule has 1 unspecified atom stereocenters. The van der Waals surface area contributed by atoms with Crippen molar-refractivity contribution in [1.82, 2.24) is 0 Å². The Morgan fingerprint density at radius 3 is 2.04 bits per heavy atom. The molecule has 0 spiro atoms. The molecule has 1 N–H and O–H groups in total. The highest BCUT2D eigenvalue weighted by atomic mass is 28.3. The first kappa shape index (κ1) is 18.0. The summed E-state index contributed by atoms with van der Waals surface area (Å²) in [5.41, 5.74) is 5.80. The minimum atomic E-state index is -1.44. The number of rotatable bonds is 3. The molecule has 0 bridgehead atoms. The van der Waals surface area contributed by atoms with E-state index in [0.717, 1.165) is 11.1 Å². The van der Waals surface area contributed by atoms with Gasteiger partial charge in [-0.1, -0.05) is 76.0 Å². The standard InChI is InChI=1S/C24H32OSi/c1-15(2)23-21(22(23)26(5,6)7)18-13-8-9-14-19(18)24(23,25)20-16(3)11-10-12-17(20)4/h8-15,21-22,25H,1-7H3/t21?,22-,23-,24+/m1/s1. The molecule has 0 amide bonds. The van der Waals surface area contributed by atoms with E-state index in [-0.39, 0.29) is 5.41 Å². The van der Waals surface area contributed by atoms with Crippen LogP contribution in [0.1, 0.15) is 47.6 Å². The first-order chi connectivity index (χ1) is 12.1. The number of hydrogen-bond acceptors (Lipinski definition) is 1. The molecule has 138 valence electrons. The highest BCUT2D eigenvalue weighted by molar-refractivity contribution is 6.79. The van der Waals surface area contributed by atoms with Crippen LogP contribution in [0.3, 0.4) is 0 Å². The third-order valence-electron chi connectivity index (χ3n) is 7.30. The molecule has 26 heavy (non-hydrogen) atoms. The highest BCUT2D eigenvalue weighted by Gasteiger charge is 2.82. The predicted molar refractivity (Wildman–Crippen MR) is 112 cm³/mol. The van der Waals surface area contributed by atoms with Gasteiger partial charge in [-0.3, -0.25) is 0 Å². The number of aryl methyl sites for hydroxylation is 2. The Kier molecular flexibility index (Phi) is 3.69. The molecule has 0 heterocycles. The summed E-state index contributed by atoms with van der Waals surface area (Å²) in [5, 5.41) is 12.7. The largest absolute Gasteiger partial charge is 0.380 e. The van der Waals surface area contributed by atoms with Gasteiger partial charge in [0.25, 0.3) is 0 Å². The Balaban J connectivity index is 2.10. The predicted octanol–water partition coefficient (Wildman–Crippen LogP) is 6.00. The van der Waals surface area contributed by atoms with Crippen LogP contribution in [-0.4, -0.2) is 13.2 Å². The quantitative estimate of drug-likeness (QED) is 0.662. The smallest absolute Gasteiger partial charge is 0.122 e. The van der Waals surface area contributed by atoms with Crippen LogP contribution in [0, 0.1) is 25.2 Å². The second kappa shape index (κ2) is 5.33. The topological polar surface area (TPSA) is 20.2 Å². The summed E-state index contributed by atoms with van der Waals surface area (Å²) in [4.78, 5) is 0. The fraction of sp³-hybridized carbons (Fsp3) is 0.500. The van der Waals surface area contributed by atoms with Gasteiger partial charge in [-0.15, -0.1) is 0 Å². The van der Waals surface area contributed by atoms with Gasteiger partial charge >= 0.3 is 0 Å². The van der Waals surface area contributed by atoms with Crippen LogP contribution in [0.25, 0.3) is 0 Å². The molecular formula is C24H32OSi. The molecule has 0 aliphatic heterocycles. The fourth-order valence-electron chi connectivity index (χ4n) is 6.71. The molecule has 0 radical (unpaired) electrons. The lowest BCUT2D eigenvalue weighted by Crippen LogP contribution is -2.44. The van der Waals surface area contributed by atoms with Crippen LogP contribution in [0.15, 0.2) is 42.5 Å². The number of fused-ring (bicyclic) bond motifs is 3. The van der Waals surface area contributed by atoms with Crippen LogP contribution in [-0.2, 0) is 5.60 Å². The van der Waals surface area contributed by atoms with Gasteiger partial charge < -0.3 is 5.11 Å². The molecule has 2 aliphatic carbocycles. The van der Waals surface area contributed by atoms with Crippen LogP contribution < -0.4 is 0 Å². The summed E-state index contributed by atoms with van der Waals surface area (Å²) in [6.07, 6.45) is 0. The van der Waals surface area contributed by atoms with E-state index in [1.165, 1.54) is 16.7 Å². The van der Waals surface area contributed by atoms with Crippen molar-refractivity contribution in [3.63, 3.8) is 0 Å². The molecule has 0 saturated heterocycles. The van der Waals surface area contributed by atoms with Crippen molar-refractivity contribution in [3.8, 4) is 0 Å². The van der Waals surface area contributed by atoms with Gasteiger partial charge in [-0.25, -0.2) is 0 Å². The second-order valence-electron chi connectivity index (χ2n) is 9.97. The molecule has 4 atom stereocenters. The molecule has 2 aliphatic rings. The Hall–Kier alpha value is -1.38. The number of benzene rings is 2. The van der Waals surface area contributed by atoms with E-state index >= 15 is 0 Å². The first-order valence-corrected chi connectivity index (χ1v) is 13.6. The average Bonchev–Trinajstić information content (AvgIpc) is 3.21. The zero-order valence-electron chi connectivity index (χ0n) is 17.2. The van der Waals surface area contributed by atoms with Crippen LogP contribution in [0.4, 0.5) is 0 Å². The minimum Gasteiger partial charge on any atom is -0.380 e. The van der Waals surface area contributed by atoms with Crippen molar-refractivity contribution < 1.29 is 5.11 Å². The molecule has 2 heteroatoms. The average molecular weight is 365 g/mol. The number of aliphatic hydroxyl groups is 1. The minimum absolute atomic E-state index is 0.0714. The molecule has 2 aromatic carbocycles. The summed E-state index contributed by atoms with van der Waals surface area (Å²) >= 11 is 0. The Morgan fingerprint density at radius 2 is 1.50 bits per heavy atom. The Morgan fingerprint density at radius 1 is 0.923 bits per heavy atom. The zero-order chi connectivity index (χ0) is 19.1. The van der Waals surface area contributed by atoms with Crippen molar-refractivity contribution >= 4 is 8.07 Å². The van der Waals surface area contributed by atoms with Crippen LogP contribution >= 0.6 is 0 Å². The van der Waals surface area contributed by atoms with Gasteiger partial charge in [0.15, 0.2) is 0 Å². The van der Waals surface area contributed by atoms with E-state index < -0.39 is 13.7 Å². The van der Waals surface area contributed by atoms with Crippen molar-refractivity contribution in [2.24, 2.45) is 11.3 Å². The van der Waals surface area contributed by atoms with Crippen molar-refractivity contribution in [1.29, 1.82) is 0 Å². The van der Waals surface area contributed by atoms with Crippen molar-refractivity contribution in [3.05, 3.63) is 70.3 Å². The maximum atomic E-state index is 12.7. The molecule has 2 aromatic rings. The normalized spacial score (nSPS) is 32.5. The molecule has 0 aromatic heterocycles. The van der Waals surface area contributed by atoms with Gasteiger partial charge in [0.2, 0.25) is 0 Å². The van der Waals surface area contributed by atoms with Gasteiger partial charge in [0, 0.05) is 13.5 Å². The highest BCUT2D eigenvalue weighted by Crippen LogP contribution is 2.87. The molecule has 4 rings (SSSR count). The fourth-order valence-corrected chi connectivity index (χ4v) is 10.2. The molecule has 1 fully saturated rings. The third-order valence-corrected chi connectivity index (χ3v) is 9.97. The SMILES string of the molecule is Cc1cccc(C)c1[C@@]1(O)c2ccccc2C2[C@@H]([Si](C)(C)C)[C@@]21C(C)C. The van der Waals surface area contributed by atoms with E-state index in [2.05, 4.69) is 89.8 Å². The number of hydrogen-bond donors (Lipinski definition) is 1. The summed E-state index contributed by atoms with van der Waals surface area (Å²) in [6, 6.07) is 15.1. The lowest BCUT2D eigenvalue weighted by atomic mass is 9.68. The van der Waals surface area contributed by atoms with E-state index in [4.69, 9.17) is 0 Å². The van der Waals surface area contributed by atoms with E-state index in [9.17, 15) is 5.11 Å². The zero-order valence-corrected chi connectivity index (χ0v) is 18.2. The summed E-state index contributed by atoms with van der Waals surface area (Å²) in [5.74, 6) is 0.926. The molecular weight excluding hydrogens is 332 g/mol. The Labute approximate surface area is 159 Å². The van der Waals surface area contributed by atoms with Crippen molar-refractivity contribution in [2.75, 3.05) is 0 Å². The molecule has 1 saturated carbocycles. The van der Waals surface area contributed by atoms with E-state index in [1.54, 1.807) is 0 Å². The monoisotopic (exact) mass is 364 g/mol. The van der Waals surface area contributed by atoms with Gasteiger partial charge in [0.1, 0.15) is 5.60 Å². The molecule has 1 nitrogen and oxygen atoms in total.